The van der Waals surface area contributed by atoms with Gasteiger partial charge < -0.3 is 62.5 Å². The van der Waals surface area contributed by atoms with Crippen LogP contribution in [0.1, 0.15) is 159 Å². The number of nitrogens with zero attached hydrogens (tertiary/aromatic N) is 5. The molecule has 7 fully saturated rings. The van der Waals surface area contributed by atoms with Crippen LogP contribution in [0, 0.1) is 11.8 Å². The Bertz CT molecular complexity index is 5240. The summed E-state index contributed by atoms with van der Waals surface area (Å²) in [5, 5.41) is 24.5. The largest absolute Gasteiger partial charge is 0.491 e. The number of nitrogens with two attached hydrogens (primary N) is 1. The van der Waals surface area contributed by atoms with Gasteiger partial charge in [-0.3, -0.25) is 9.59 Å². The maximum atomic E-state index is 13.3. The number of carboxylic acid groups (broad SMARTS) is 1. The van der Waals surface area contributed by atoms with Crippen molar-refractivity contribution in [3.63, 3.8) is 0 Å². The van der Waals surface area contributed by atoms with Gasteiger partial charge >= 0.3 is 36.4 Å². The van der Waals surface area contributed by atoms with Crippen molar-refractivity contribution in [2.75, 3.05) is 39.6 Å². The lowest BCUT2D eigenvalue weighted by atomic mass is 9.83. The molecule has 17 rings (SSSR count). The highest BCUT2D eigenvalue weighted by Crippen LogP contribution is 2.41. The topological polar surface area (TPSA) is 223 Å². The second-order valence-electron chi connectivity index (χ2n) is 31.3. The van der Waals surface area contributed by atoms with Crippen molar-refractivity contribution in [2.24, 2.45) is 17.6 Å². The summed E-state index contributed by atoms with van der Waals surface area (Å²) in [6, 6.07) is 31.7. The van der Waals surface area contributed by atoms with E-state index in [1.807, 2.05) is 86.8 Å². The Morgan fingerprint density at radius 3 is 1.08 bits per heavy atom. The molecule has 5 heterocycles. The number of halogens is 19. The predicted molar refractivity (Wildman–Crippen MR) is 457 cm³/mol. The van der Waals surface area contributed by atoms with E-state index in [1.54, 1.807) is 35.0 Å². The van der Waals surface area contributed by atoms with Crippen molar-refractivity contribution < 1.29 is 115 Å². The van der Waals surface area contributed by atoms with Gasteiger partial charge in [0.25, 0.3) is 5.78 Å². The molecule has 0 atom stereocenters. The van der Waals surface area contributed by atoms with E-state index in [-0.39, 0.29) is 66.1 Å². The molecule has 5 aromatic carbocycles. The van der Waals surface area contributed by atoms with E-state index in [1.165, 1.54) is 43.5 Å². The number of aromatic carboxylic acids is 1. The highest BCUT2D eigenvalue weighted by Gasteiger charge is 2.49. The van der Waals surface area contributed by atoms with Gasteiger partial charge in [-0.1, -0.05) is 104 Å². The summed E-state index contributed by atoms with van der Waals surface area (Å²) in [6.45, 7) is 6.32. The van der Waals surface area contributed by atoms with Crippen LogP contribution in [0.4, 0.5) is 57.1 Å². The third-order valence-electron chi connectivity index (χ3n) is 21.2. The van der Waals surface area contributed by atoms with Gasteiger partial charge in [0.1, 0.15) is 0 Å². The van der Waals surface area contributed by atoms with Crippen LogP contribution in [0.3, 0.4) is 0 Å². The zero-order valence-corrected chi connectivity index (χ0v) is 73.0. The number of benzene rings is 5. The maximum absolute atomic E-state index is 13.3. The Morgan fingerprint density at radius 1 is 0.424 bits per heavy atom. The number of rotatable bonds is 25. The standard InChI is InChI=1S/C22H26ClF2NO2.C15H13ClF3NO2.C14H14ClNO3.C13H14ClNO.C10H10ClNO.C7H13F2N.C4F6O3.C3H5Br/c23-18-2-1-3-19-21(18)17(14-26(19)12-13-28-16-5-6-16)20(27)7-4-15-8-10-22(24,25)11-9-15;16-11-2-1-3-12-13(11)10(14(21)15(17,18)19)8-20(12)6-7-22-9-4-5-9;15-11-2-1-3-12-13(11)10(14(17)18)8-16(12)6-7-19-9-4-5-9;14-12-2-1-3-13-11(12)6-7-15(13)8-9-16-10-4-5-10;11-9-2-1-3-10-8(9)4-5-12(10)6-7-13;8-7(9)3-1-6(5-10)2-4-7;5-3(6,7)1(11)13-2(12)4(8,9)10;4-3-1-2-3/h1-3,14-16H,4-13H2;1-3,8-9H,4-7H2;1-3,8-9H,4-7H2,(H,17,18);1-3,6-7,10H,4-5,8-9H2;1-5,13H,6-7H2;6H,1-5,10H2;;3H,1-2H2. The van der Waals surface area contributed by atoms with Gasteiger partial charge in [-0.25, -0.2) is 31.9 Å². The first-order valence-corrected chi connectivity index (χ1v) is 43.8. The molecule has 4 N–H and O–H groups in total. The Hall–Kier alpha value is -7.47. The number of ketones is 2. The molecule has 682 valence electrons. The minimum absolute atomic E-state index is 0.0366. The van der Waals surface area contributed by atoms with Crippen LogP contribution in [0.2, 0.25) is 25.1 Å². The van der Waals surface area contributed by atoms with E-state index < -0.39 is 59.6 Å². The lowest BCUT2D eigenvalue weighted by molar-refractivity contribution is -0.221. The number of hydrogen-bond acceptors (Lipinski definition) is 12. The fourth-order valence-corrected chi connectivity index (χ4v) is 15.3. The van der Waals surface area contributed by atoms with Crippen molar-refractivity contribution in [2.45, 2.75) is 221 Å². The quantitative estimate of drug-likeness (QED) is 0.0159. The molecule has 125 heavy (non-hydrogen) atoms. The van der Waals surface area contributed by atoms with Crippen molar-refractivity contribution >= 4 is 158 Å². The fourth-order valence-electron chi connectivity index (χ4n) is 13.7. The van der Waals surface area contributed by atoms with Crippen LogP contribution in [-0.4, -0.2) is 162 Å². The lowest BCUT2D eigenvalue weighted by Crippen LogP contribution is -2.34. The van der Waals surface area contributed by atoms with E-state index in [0.717, 1.165) is 99.3 Å². The molecule has 0 aliphatic heterocycles. The first-order valence-electron chi connectivity index (χ1n) is 41.0. The molecule has 0 bridgehead atoms. The zero-order valence-electron chi connectivity index (χ0n) is 67.6. The average molecular weight is 1930 g/mol. The Balaban J connectivity index is 0.000000154. The molecular weight excluding hydrogens is 1840 g/mol. The number of carbonyl (C=O) groups excluding carboxylic acids is 4. The average Bonchev–Trinajstić information content (AvgIpc) is 1.63. The maximum Gasteiger partial charge on any atom is 0.491 e. The molecule has 5 aromatic heterocycles. The second kappa shape index (κ2) is 45.2. The molecule has 7 aliphatic carbocycles. The SMILES string of the molecule is BrC1CC1.Clc1cccc2c1ccn2CCOC1CC1.NCC1CCC(F)(F)CC1.O=C(CCC1CCC(F)(F)CC1)c1cn(CCOC2CC2)c2cccc(Cl)c12.O=C(O)c1cn(CCOC2CC2)c2cccc(Cl)c12.O=C(OC(=O)C(F)(F)F)C(F)(F)F.O=C(c1cn(CCOC2CC2)c2cccc(Cl)c12)C(F)(F)F.OCCn1ccc2c(Cl)cccc21. The minimum atomic E-state index is -5.62. The van der Waals surface area contributed by atoms with Crippen LogP contribution < -0.4 is 5.73 Å². The van der Waals surface area contributed by atoms with E-state index in [2.05, 4.69) is 43.6 Å². The van der Waals surface area contributed by atoms with Crippen molar-refractivity contribution in [3.05, 3.63) is 176 Å². The molecule has 0 unspecified atom stereocenters. The van der Waals surface area contributed by atoms with Crippen molar-refractivity contribution in [3.8, 4) is 0 Å². The summed E-state index contributed by atoms with van der Waals surface area (Å²) in [5.41, 5.74) is 10.3. The molecule has 0 spiro atoms. The Kier molecular flexibility index (Phi) is 36.0. The van der Waals surface area contributed by atoms with E-state index in [4.69, 9.17) is 87.8 Å². The monoisotopic (exact) mass is 1930 g/mol. The summed E-state index contributed by atoms with van der Waals surface area (Å²) < 4.78 is 192. The summed E-state index contributed by atoms with van der Waals surface area (Å²) >= 11 is 34.0. The van der Waals surface area contributed by atoms with Crippen LogP contribution >= 0.6 is 73.9 Å². The molecule has 7 aliphatic rings. The normalized spacial score (nSPS) is 16.9. The van der Waals surface area contributed by atoms with Gasteiger partial charge in [0.05, 0.1) is 100 Å². The fraction of sp³-hybridized carbons (Fsp3) is 0.489. The number of aliphatic hydroxyl groups excluding tert-OH is 1. The zero-order chi connectivity index (χ0) is 90.7. The van der Waals surface area contributed by atoms with Crippen LogP contribution in [0.15, 0.2) is 134 Å². The van der Waals surface area contributed by atoms with Gasteiger partial charge in [-0.15, -0.1) is 0 Å². The number of carbonyl (C=O) groups is 5. The van der Waals surface area contributed by atoms with Crippen LogP contribution in [0.25, 0.3) is 54.5 Å². The highest BCUT2D eigenvalue weighted by molar-refractivity contribution is 9.09. The number of esters is 2. The number of Topliss-reactive ketones (excluding diaryl/α,β-unsaturated/α-hetero) is 2. The Labute approximate surface area is 745 Å². The minimum Gasteiger partial charge on any atom is -0.478 e. The number of hydrogen-bond donors (Lipinski definition) is 3. The number of aromatic nitrogens is 5. The summed E-state index contributed by atoms with van der Waals surface area (Å²) in [5.74, 6) is -13.6. The van der Waals surface area contributed by atoms with Crippen LogP contribution in [-0.2, 0) is 66.0 Å². The van der Waals surface area contributed by atoms with Gasteiger partial charge in [-0.05, 0) is 187 Å². The number of aliphatic hydroxyl groups is 1. The number of ether oxygens (including phenoxy) is 5. The summed E-state index contributed by atoms with van der Waals surface area (Å²) in [7, 11) is 0. The molecule has 0 radical (unpaired) electrons. The molecule has 0 saturated heterocycles. The third-order valence-corrected chi connectivity index (χ3v) is 23.8. The third kappa shape index (κ3) is 30.6. The van der Waals surface area contributed by atoms with E-state index in [0.29, 0.717) is 142 Å². The summed E-state index contributed by atoms with van der Waals surface area (Å²) in [6.07, 6.45) is 9.23. The number of alkyl halides is 14. The highest BCUT2D eigenvalue weighted by atomic mass is 79.9. The smallest absolute Gasteiger partial charge is 0.478 e. The van der Waals surface area contributed by atoms with E-state index >= 15 is 0 Å². The van der Waals surface area contributed by atoms with Gasteiger partial charge in [0.15, 0.2) is 5.78 Å². The summed E-state index contributed by atoms with van der Waals surface area (Å²) in [4.78, 5) is 56.0. The molecular formula is C88H95BrCl5F13N6O12. The molecule has 0 amide bonds. The van der Waals surface area contributed by atoms with Crippen molar-refractivity contribution in [1.29, 1.82) is 0 Å². The first kappa shape index (κ1) is 99.7. The second-order valence-corrected chi connectivity index (χ2v) is 34.6. The van der Waals surface area contributed by atoms with Gasteiger partial charge in [0.2, 0.25) is 11.8 Å². The predicted octanol–water partition coefficient (Wildman–Crippen LogP) is 23.9. The molecule has 10 aromatic rings. The lowest BCUT2D eigenvalue weighted by Gasteiger charge is -2.27. The molecule has 37 heteroatoms. The number of carboxylic acids is 1. The van der Waals surface area contributed by atoms with Crippen molar-refractivity contribution in [1.82, 2.24) is 22.8 Å². The molecule has 7 saturated carbocycles. The Morgan fingerprint density at radius 2 is 0.744 bits per heavy atom. The van der Waals surface area contributed by atoms with E-state index in [9.17, 15) is 86.2 Å². The van der Waals surface area contributed by atoms with Gasteiger partial charge in [-0.2, -0.15) is 39.5 Å². The van der Waals surface area contributed by atoms with Gasteiger partial charge in [0, 0.05) is 154 Å². The first-order chi connectivity index (χ1) is 59.2. The molecule has 18 nitrogen and oxygen atoms in total. The number of fused-ring (bicyclic) bond motifs is 5. The van der Waals surface area contributed by atoms with Crippen LogP contribution in [0.5, 0.6) is 0 Å².